The molecule has 1 fully saturated rings. The van der Waals surface area contributed by atoms with E-state index in [-0.39, 0.29) is 11.5 Å². The van der Waals surface area contributed by atoms with Gasteiger partial charge in [0.2, 0.25) is 0 Å². The number of hydrogen-bond donors (Lipinski definition) is 1. The van der Waals surface area contributed by atoms with Crippen molar-refractivity contribution >= 4 is 5.91 Å². The first-order valence-corrected chi connectivity index (χ1v) is 5.13. The van der Waals surface area contributed by atoms with E-state index in [4.69, 9.17) is 0 Å². The number of nitrogens with zero attached hydrogens (tertiary/aromatic N) is 1. The summed E-state index contributed by atoms with van der Waals surface area (Å²) < 4.78 is 25.6. The molecule has 16 heavy (non-hydrogen) atoms. The van der Waals surface area contributed by atoms with Gasteiger partial charge in [-0.05, 0) is 18.2 Å². The van der Waals surface area contributed by atoms with Crippen molar-refractivity contribution in [2.24, 2.45) is 0 Å². The van der Waals surface area contributed by atoms with Crippen LogP contribution < -0.4 is 5.32 Å². The molecule has 3 nitrogen and oxygen atoms in total. The van der Waals surface area contributed by atoms with Crippen LogP contribution in [0, 0.1) is 11.6 Å². The van der Waals surface area contributed by atoms with Crippen molar-refractivity contribution < 1.29 is 13.6 Å². The Hall–Kier alpha value is -1.49. The zero-order valence-corrected chi connectivity index (χ0v) is 8.67. The molecule has 2 rings (SSSR count). The third-order valence-electron chi connectivity index (χ3n) is 2.57. The van der Waals surface area contributed by atoms with Crippen LogP contribution in [-0.4, -0.2) is 37.0 Å². The molecule has 1 heterocycles. The average molecular weight is 226 g/mol. The Morgan fingerprint density at radius 1 is 1.19 bits per heavy atom. The van der Waals surface area contributed by atoms with Crippen LogP contribution in [-0.2, 0) is 0 Å². The highest BCUT2D eigenvalue weighted by Crippen LogP contribution is 2.11. The van der Waals surface area contributed by atoms with E-state index in [1.807, 2.05) is 0 Å². The molecule has 0 atom stereocenters. The van der Waals surface area contributed by atoms with Crippen LogP contribution >= 0.6 is 0 Å². The molecule has 0 bridgehead atoms. The first-order valence-electron chi connectivity index (χ1n) is 5.13. The van der Waals surface area contributed by atoms with E-state index in [0.29, 0.717) is 13.1 Å². The van der Waals surface area contributed by atoms with Crippen molar-refractivity contribution in [2.45, 2.75) is 0 Å². The molecular formula is C11H12F2N2O. The Labute approximate surface area is 92.1 Å². The maximum Gasteiger partial charge on any atom is 0.254 e. The highest BCUT2D eigenvalue weighted by Gasteiger charge is 2.18. The minimum atomic E-state index is -0.985. The average Bonchev–Trinajstić information content (AvgIpc) is 2.33. The Morgan fingerprint density at radius 2 is 1.88 bits per heavy atom. The van der Waals surface area contributed by atoms with Crippen molar-refractivity contribution in [3.63, 3.8) is 0 Å². The number of rotatable bonds is 1. The van der Waals surface area contributed by atoms with E-state index < -0.39 is 11.6 Å². The molecule has 1 saturated heterocycles. The standard InChI is InChI=1S/C11H12F2N2O/c12-9-2-1-8(7-10(9)13)11(16)15-5-3-14-4-6-15/h1-2,7,14H,3-6H2. The normalized spacial score (nSPS) is 16.2. The number of amides is 1. The van der Waals surface area contributed by atoms with E-state index in [0.717, 1.165) is 25.2 Å². The minimum Gasteiger partial charge on any atom is -0.336 e. The lowest BCUT2D eigenvalue weighted by atomic mass is 10.1. The molecule has 5 heteroatoms. The SMILES string of the molecule is O=C(c1ccc(F)c(F)c1)N1CCNCC1. The summed E-state index contributed by atoms with van der Waals surface area (Å²) in [5.74, 6) is -2.17. The van der Waals surface area contributed by atoms with Gasteiger partial charge < -0.3 is 10.2 Å². The van der Waals surface area contributed by atoms with Crippen molar-refractivity contribution in [1.82, 2.24) is 10.2 Å². The van der Waals surface area contributed by atoms with Gasteiger partial charge >= 0.3 is 0 Å². The fourth-order valence-electron chi connectivity index (χ4n) is 1.68. The van der Waals surface area contributed by atoms with Crippen LogP contribution in [0.2, 0.25) is 0 Å². The molecule has 1 aromatic rings. The van der Waals surface area contributed by atoms with Gasteiger partial charge in [-0.1, -0.05) is 0 Å². The number of hydrogen-bond acceptors (Lipinski definition) is 2. The summed E-state index contributed by atoms with van der Waals surface area (Å²) >= 11 is 0. The summed E-state index contributed by atoms with van der Waals surface area (Å²) in [6, 6.07) is 3.23. The molecular weight excluding hydrogens is 214 g/mol. The Kier molecular flexibility index (Phi) is 3.14. The summed E-state index contributed by atoms with van der Waals surface area (Å²) in [6.07, 6.45) is 0. The second-order valence-electron chi connectivity index (χ2n) is 3.67. The molecule has 1 N–H and O–H groups in total. The lowest BCUT2D eigenvalue weighted by Gasteiger charge is -2.27. The van der Waals surface area contributed by atoms with E-state index in [1.54, 1.807) is 4.90 Å². The predicted octanol–water partition coefficient (Wildman–Crippen LogP) is 1.01. The number of carbonyl (C=O) groups is 1. The number of benzene rings is 1. The quantitative estimate of drug-likeness (QED) is 0.775. The summed E-state index contributed by atoms with van der Waals surface area (Å²) in [6.45, 7) is 2.65. The van der Waals surface area contributed by atoms with Crippen molar-refractivity contribution in [1.29, 1.82) is 0 Å². The van der Waals surface area contributed by atoms with E-state index >= 15 is 0 Å². The highest BCUT2D eigenvalue weighted by molar-refractivity contribution is 5.94. The monoisotopic (exact) mass is 226 g/mol. The second kappa shape index (κ2) is 4.57. The molecule has 86 valence electrons. The molecule has 0 saturated carbocycles. The van der Waals surface area contributed by atoms with Gasteiger partial charge in [-0.15, -0.1) is 0 Å². The summed E-state index contributed by atoms with van der Waals surface area (Å²) in [5, 5.41) is 3.11. The smallest absolute Gasteiger partial charge is 0.254 e. The molecule has 1 aliphatic rings. The molecule has 0 aliphatic carbocycles. The highest BCUT2D eigenvalue weighted by atomic mass is 19.2. The maximum absolute atomic E-state index is 12.9. The van der Waals surface area contributed by atoms with Crippen molar-refractivity contribution in [3.05, 3.63) is 35.4 Å². The zero-order chi connectivity index (χ0) is 11.5. The summed E-state index contributed by atoms with van der Waals surface area (Å²) in [4.78, 5) is 13.5. The lowest BCUT2D eigenvalue weighted by molar-refractivity contribution is 0.0735. The van der Waals surface area contributed by atoms with Gasteiger partial charge in [0.25, 0.3) is 5.91 Å². The van der Waals surface area contributed by atoms with Gasteiger partial charge in [0, 0.05) is 31.7 Å². The second-order valence-corrected chi connectivity index (χ2v) is 3.67. The van der Waals surface area contributed by atoms with Crippen molar-refractivity contribution in [2.75, 3.05) is 26.2 Å². The topological polar surface area (TPSA) is 32.3 Å². The fourth-order valence-corrected chi connectivity index (χ4v) is 1.68. The molecule has 0 aromatic heterocycles. The number of nitrogens with one attached hydrogen (secondary N) is 1. The molecule has 1 aliphatic heterocycles. The summed E-state index contributed by atoms with van der Waals surface area (Å²) in [7, 11) is 0. The first kappa shape index (κ1) is 11.0. The van der Waals surface area contributed by atoms with Gasteiger partial charge in [-0.2, -0.15) is 0 Å². The number of piperazine rings is 1. The molecule has 1 amide bonds. The minimum absolute atomic E-state index is 0.195. The summed E-state index contributed by atoms with van der Waals surface area (Å²) in [5.41, 5.74) is 0.195. The van der Waals surface area contributed by atoms with Gasteiger partial charge in [0.15, 0.2) is 11.6 Å². The van der Waals surface area contributed by atoms with Gasteiger partial charge in [-0.25, -0.2) is 8.78 Å². The van der Waals surface area contributed by atoms with Crippen molar-refractivity contribution in [3.8, 4) is 0 Å². The largest absolute Gasteiger partial charge is 0.336 e. The van der Waals surface area contributed by atoms with E-state index in [2.05, 4.69) is 5.32 Å². The van der Waals surface area contributed by atoms with Crippen LogP contribution in [0.15, 0.2) is 18.2 Å². The van der Waals surface area contributed by atoms with Crippen LogP contribution in [0.25, 0.3) is 0 Å². The number of halogens is 2. The van der Waals surface area contributed by atoms with Gasteiger partial charge in [0.05, 0.1) is 0 Å². The predicted molar refractivity (Wildman–Crippen MR) is 55.1 cm³/mol. The maximum atomic E-state index is 12.9. The number of carbonyl (C=O) groups excluding carboxylic acids is 1. The van der Waals surface area contributed by atoms with E-state index in [9.17, 15) is 13.6 Å². The van der Waals surface area contributed by atoms with Gasteiger partial charge in [0.1, 0.15) is 0 Å². The lowest BCUT2D eigenvalue weighted by Crippen LogP contribution is -2.46. The van der Waals surface area contributed by atoms with Crippen LogP contribution in [0.3, 0.4) is 0 Å². The molecule has 1 aromatic carbocycles. The third kappa shape index (κ3) is 2.19. The Morgan fingerprint density at radius 3 is 2.50 bits per heavy atom. The van der Waals surface area contributed by atoms with E-state index in [1.165, 1.54) is 6.07 Å². The Bertz CT molecular complexity index is 403. The van der Waals surface area contributed by atoms with Crippen LogP contribution in [0.4, 0.5) is 8.78 Å². The first-order chi connectivity index (χ1) is 7.68. The fraction of sp³-hybridized carbons (Fsp3) is 0.364. The van der Waals surface area contributed by atoms with Gasteiger partial charge in [-0.3, -0.25) is 4.79 Å². The van der Waals surface area contributed by atoms with Crippen LogP contribution in [0.1, 0.15) is 10.4 Å². The van der Waals surface area contributed by atoms with Crippen LogP contribution in [0.5, 0.6) is 0 Å². The molecule has 0 radical (unpaired) electrons. The zero-order valence-electron chi connectivity index (χ0n) is 8.67. The third-order valence-corrected chi connectivity index (χ3v) is 2.57. The molecule has 0 spiro atoms. The Balaban J connectivity index is 2.16. The molecule has 0 unspecified atom stereocenters.